The molecule has 0 bridgehead atoms. The number of methoxy groups -OCH3 is 1. The third-order valence-corrected chi connectivity index (χ3v) is 5.87. The van der Waals surface area contributed by atoms with Crippen molar-refractivity contribution in [3.05, 3.63) is 28.6 Å². The van der Waals surface area contributed by atoms with E-state index in [0.717, 1.165) is 42.3 Å². The zero-order valence-corrected chi connectivity index (χ0v) is 15.6. The van der Waals surface area contributed by atoms with Crippen molar-refractivity contribution in [3.63, 3.8) is 0 Å². The zero-order chi connectivity index (χ0) is 17.8. The number of hydrogen-bond donors (Lipinski definition) is 0. The molecular formula is C19H24N2O3S. The Kier molecular flexibility index (Phi) is 5.68. The maximum atomic E-state index is 12.6. The standard InChI is InChI=1S/C19H24N2O3S/c1-3-13-9-10-15-16(11-13)25-19(21(15)12-17(22)24-2)20-18(23)14-7-5-4-6-8-14/h9-11,14H,3-8,12H2,1-2H3. The number of rotatable bonds is 4. The van der Waals surface area contributed by atoms with E-state index < -0.39 is 0 Å². The van der Waals surface area contributed by atoms with Gasteiger partial charge in [-0.25, -0.2) is 0 Å². The molecule has 3 rings (SSSR count). The maximum absolute atomic E-state index is 12.6. The van der Waals surface area contributed by atoms with Crippen LogP contribution in [0, 0.1) is 5.92 Å². The fraction of sp³-hybridized carbons (Fsp3) is 0.526. The monoisotopic (exact) mass is 360 g/mol. The first-order valence-electron chi connectivity index (χ1n) is 8.90. The molecule has 0 N–H and O–H groups in total. The molecule has 1 aliphatic carbocycles. The Labute approximate surface area is 151 Å². The molecule has 0 unspecified atom stereocenters. The van der Waals surface area contributed by atoms with E-state index >= 15 is 0 Å². The molecule has 0 aliphatic heterocycles. The maximum Gasteiger partial charge on any atom is 0.325 e. The van der Waals surface area contributed by atoms with Gasteiger partial charge in [-0.15, -0.1) is 0 Å². The van der Waals surface area contributed by atoms with E-state index in [-0.39, 0.29) is 24.3 Å². The Balaban J connectivity index is 2.04. The van der Waals surface area contributed by atoms with Crippen molar-refractivity contribution < 1.29 is 14.3 Å². The molecule has 1 amide bonds. The lowest BCUT2D eigenvalue weighted by molar-refractivity contribution is -0.141. The fourth-order valence-corrected chi connectivity index (χ4v) is 4.40. The summed E-state index contributed by atoms with van der Waals surface area (Å²) in [5.41, 5.74) is 2.15. The van der Waals surface area contributed by atoms with Crippen molar-refractivity contribution in [1.29, 1.82) is 0 Å². The van der Waals surface area contributed by atoms with E-state index in [9.17, 15) is 9.59 Å². The van der Waals surface area contributed by atoms with Gasteiger partial charge >= 0.3 is 5.97 Å². The molecule has 1 aromatic heterocycles. The first-order chi connectivity index (χ1) is 12.1. The highest BCUT2D eigenvalue weighted by atomic mass is 32.1. The molecule has 0 spiro atoms. The van der Waals surface area contributed by atoms with Crippen LogP contribution in [0.5, 0.6) is 0 Å². The van der Waals surface area contributed by atoms with Gasteiger partial charge in [0.05, 0.1) is 17.3 Å². The summed E-state index contributed by atoms with van der Waals surface area (Å²) >= 11 is 1.47. The lowest BCUT2D eigenvalue weighted by atomic mass is 9.89. The van der Waals surface area contributed by atoms with Gasteiger partial charge in [-0.2, -0.15) is 4.99 Å². The molecule has 1 heterocycles. The van der Waals surface area contributed by atoms with Gasteiger partial charge in [0.25, 0.3) is 5.91 Å². The summed E-state index contributed by atoms with van der Waals surface area (Å²) in [4.78, 5) is 29.4. The van der Waals surface area contributed by atoms with E-state index in [1.165, 1.54) is 30.4 Å². The highest BCUT2D eigenvalue weighted by Crippen LogP contribution is 2.25. The highest BCUT2D eigenvalue weighted by molar-refractivity contribution is 7.16. The van der Waals surface area contributed by atoms with Crippen LogP contribution >= 0.6 is 11.3 Å². The predicted molar refractivity (Wildman–Crippen MR) is 98.4 cm³/mol. The molecule has 2 aromatic rings. The minimum atomic E-state index is -0.342. The number of ether oxygens (including phenoxy) is 1. The van der Waals surface area contributed by atoms with Crippen LogP contribution in [0.1, 0.15) is 44.6 Å². The van der Waals surface area contributed by atoms with Gasteiger partial charge in [0.2, 0.25) is 0 Å². The Hall–Kier alpha value is -1.95. The molecule has 0 radical (unpaired) electrons. The second-order valence-electron chi connectivity index (χ2n) is 6.49. The molecule has 0 atom stereocenters. The molecule has 1 aliphatic rings. The number of hydrogen-bond acceptors (Lipinski definition) is 4. The smallest absolute Gasteiger partial charge is 0.325 e. The summed E-state index contributed by atoms with van der Waals surface area (Å²) in [5.74, 6) is -0.372. The van der Waals surface area contributed by atoms with Gasteiger partial charge in [-0.1, -0.05) is 43.6 Å². The summed E-state index contributed by atoms with van der Waals surface area (Å²) in [6.07, 6.45) is 6.18. The number of fused-ring (bicyclic) bond motifs is 1. The van der Waals surface area contributed by atoms with Crippen molar-refractivity contribution in [3.8, 4) is 0 Å². The van der Waals surface area contributed by atoms with Crippen LogP contribution in [0.3, 0.4) is 0 Å². The van der Waals surface area contributed by atoms with Crippen LogP contribution < -0.4 is 4.80 Å². The second-order valence-corrected chi connectivity index (χ2v) is 7.50. The second kappa shape index (κ2) is 7.95. The molecular weight excluding hydrogens is 336 g/mol. The molecule has 0 saturated heterocycles. The van der Waals surface area contributed by atoms with Gasteiger partial charge in [0.15, 0.2) is 4.80 Å². The van der Waals surface area contributed by atoms with E-state index in [4.69, 9.17) is 4.74 Å². The third-order valence-electron chi connectivity index (χ3n) is 4.83. The lowest BCUT2D eigenvalue weighted by Crippen LogP contribution is -2.24. The Morgan fingerprint density at radius 2 is 2.04 bits per heavy atom. The van der Waals surface area contributed by atoms with Crippen molar-refractivity contribution >= 4 is 33.4 Å². The average molecular weight is 360 g/mol. The first-order valence-corrected chi connectivity index (χ1v) is 9.71. The van der Waals surface area contributed by atoms with Crippen molar-refractivity contribution in [2.75, 3.05) is 7.11 Å². The molecule has 1 saturated carbocycles. The summed E-state index contributed by atoms with van der Waals surface area (Å²) in [6.45, 7) is 2.17. The Bertz CT molecular complexity index is 844. The number of carbonyl (C=O) groups is 2. The van der Waals surface area contributed by atoms with E-state index in [1.54, 1.807) is 4.57 Å². The van der Waals surface area contributed by atoms with Crippen LogP contribution in [0.25, 0.3) is 10.2 Å². The summed E-state index contributed by atoms with van der Waals surface area (Å²) < 4.78 is 7.65. The number of thiazole rings is 1. The van der Waals surface area contributed by atoms with E-state index in [1.807, 2.05) is 6.07 Å². The van der Waals surface area contributed by atoms with Gasteiger partial charge in [-0.05, 0) is 37.0 Å². The van der Waals surface area contributed by atoms with Crippen LogP contribution in [-0.2, 0) is 27.3 Å². The topological polar surface area (TPSA) is 60.7 Å². The number of carbonyl (C=O) groups excluding carboxylic acids is 2. The summed E-state index contributed by atoms with van der Waals surface area (Å²) in [5, 5.41) is 0. The number of esters is 1. The number of aromatic nitrogens is 1. The molecule has 1 aromatic carbocycles. The summed E-state index contributed by atoms with van der Waals surface area (Å²) in [6, 6.07) is 6.16. The molecule has 25 heavy (non-hydrogen) atoms. The van der Waals surface area contributed by atoms with Crippen molar-refractivity contribution in [2.45, 2.75) is 52.0 Å². The normalized spacial score (nSPS) is 16.3. The van der Waals surface area contributed by atoms with E-state index in [2.05, 4.69) is 24.0 Å². The number of aryl methyl sites for hydroxylation is 1. The quantitative estimate of drug-likeness (QED) is 0.785. The van der Waals surface area contributed by atoms with Gasteiger partial charge in [-0.3, -0.25) is 9.59 Å². The van der Waals surface area contributed by atoms with Crippen LogP contribution in [0.4, 0.5) is 0 Å². The summed E-state index contributed by atoms with van der Waals surface area (Å²) in [7, 11) is 1.37. The van der Waals surface area contributed by atoms with E-state index in [0.29, 0.717) is 4.80 Å². The number of nitrogens with zero attached hydrogens (tertiary/aromatic N) is 2. The fourth-order valence-electron chi connectivity index (χ4n) is 3.30. The van der Waals surface area contributed by atoms with Gasteiger partial charge < -0.3 is 9.30 Å². The average Bonchev–Trinajstić information content (AvgIpc) is 2.98. The zero-order valence-electron chi connectivity index (χ0n) is 14.8. The van der Waals surface area contributed by atoms with Crippen molar-refractivity contribution in [2.24, 2.45) is 10.9 Å². The molecule has 1 fully saturated rings. The third kappa shape index (κ3) is 4.00. The van der Waals surface area contributed by atoms with Crippen LogP contribution in [-0.4, -0.2) is 23.6 Å². The Morgan fingerprint density at radius 3 is 2.72 bits per heavy atom. The first kappa shape index (κ1) is 17.9. The Morgan fingerprint density at radius 1 is 1.28 bits per heavy atom. The number of amides is 1. The highest BCUT2D eigenvalue weighted by Gasteiger charge is 2.21. The van der Waals surface area contributed by atoms with Crippen LogP contribution in [0.15, 0.2) is 23.2 Å². The minimum absolute atomic E-state index is 0.0248. The number of benzene rings is 1. The largest absolute Gasteiger partial charge is 0.468 e. The van der Waals surface area contributed by atoms with Crippen molar-refractivity contribution in [1.82, 2.24) is 4.57 Å². The SMILES string of the molecule is CCc1ccc2c(c1)sc(=NC(=O)C1CCCCC1)n2CC(=O)OC. The lowest BCUT2D eigenvalue weighted by Gasteiger charge is -2.17. The van der Waals surface area contributed by atoms with Crippen LogP contribution in [0.2, 0.25) is 0 Å². The molecule has 5 nitrogen and oxygen atoms in total. The van der Waals surface area contributed by atoms with Gasteiger partial charge in [0.1, 0.15) is 6.54 Å². The minimum Gasteiger partial charge on any atom is -0.468 e. The van der Waals surface area contributed by atoms with Gasteiger partial charge in [0, 0.05) is 5.92 Å². The molecule has 6 heteroatoms. The molecule has 134 valence electrons. The predicted octanol–water partition coefficient (Wildman–Crippen LogP) is 3.45.